The summed E-state index contributed by atoms with van der Waals surface area (Å²) < 4.78 is 0.802. The van der Waals surface area contributed by atoms with Crippen molar-refractivity contribution in [3.05, 3.63) is 0 Å². The van der Waals surface area contributed by atoms with Crippen LogP contribution >= 0.6 is 23.2 Å². The van der Waals surface area contributed by atoms with Crippen molar-refractivity contribution in [2.75, 3.05) is 0 Å². The fourth-order valence-corrected chi connectivity index (χ4v) is 4.38. The van der Waals surface area contributed by atoms with Crippen molar-refractivity contribution in [2.24, 2.45) is 0 Å². The van der Waals surface area contributed by atoms with E-state index in [0.29, 0.717) is 6.85 Å². The summed E-state index contributed by atoms with van der Waals surface area (Å²) in [7, 11) is 0. The Morgan fingerprint density at radius 3 is 1.67 bits per heavy atom. The molecular weight excluding hydrogens is 271 g/mol. The van der Waals surface area contributed by atoms with Gasteiger partial charge in [0, 0.05) is 0 Å². The molecule has 2 unspecified atom stereocenters. The molecule has 0 rings (SSSR count). The molecule has 0 amide bonds. The molecule has 0 aliphatic heterocycles. The first kappa shape index (κ1) is 10.4. The Morgan fingerprint density at radius 2 is 1.44 bits per heavy atom. The van der Waals surface area contributed by atoms with E-state index in [1.807, 2.05) is 0 Å². The van der Waals surface area contributed by atoms with Crippen LogP contribution in [-0.2, 0) is 0 Å². The first-order valence-corrected chi connectivity index (χ1v) is 6.70. The predicted octanol–water partition coefficient (Wildman–Crippen LogP) is 2.64. The van der Waals surface area contributed by atoms with Crippen LogP contribution in [0.15, 0.2) is 0 Å². The Labute approximate surface area is 77.4 Å². The Bertz CT molecular complexity index is 60.1. The van der Waals surface area contributed by atoms with Gasteiger partial charge < -0.3 is 0 Å². The molecular formula is C6H12Cl2Te. The van der Waals surface area contributed by atoms with Gasteiger partial charge in [0.05, 0.1) is 0 Å². The molecule has 56 valence electrons. The van der Waals surface area contributed by atoms with Crippen LogP contribution in [0.4, 0.5) is 0 Å². The molecule has 0 aliphatic rings. The number of halogens is 2. The van der Waals surface area contributed by atoms with E-state index in [2.05, 4.69) is 13.8 Å². The second-order valence-electron chi connectivity index (χ2n) is 1.77. The predicted molar refractivity (Wildman–Crippen MR) is 45.6 cm³/mol. The minimum atomic E-state index is -0.136. The van der Waals surface area contributed by atoms with E-state index in [4.69, 9.17) is 23.2 Å². The molecule has 3 heteroatoms. The molecule has 0 aromatic carbocycles. The molecule has 2 atom stereocenters. The van der Waals surface area contributed by atoms with Gasteiger partial charge >= 0.3 is 77.7 Å². The van der Waals surface area contributed by atoms with E-state index in [1.165, 1.54) is 0 Å². The van der Waals surface area contributed by atoms with Crippen molar-refractivity contribution in [1.82, 2.24) is 0 Å². The second kappa shape index (κ2) is 6.10. The summed E-state index contributed by atoms with van der Waals surface area (Å²) >= 11 is 11.7. The van der Waals surface area contributed by atoms with Crippen molar-refractivity contribution in [3.63, 3.8) is 0 Å². The van der Waals surface area contributed by atoms with Gasteiger partial charge in [-0.25, -0.2) is 0 Å². The van der Waals surface area contributed by atoms with Crippen molar-refractivity contribution in [2.45, 2.75) is 33.5 Å². The number of rotatable bonds is 4. The molecule has 0 aromatic heterocycles. The summed E-state index contributed by atoms with van der Waals surface area (Å²) in [5.74, 6) is 0. The van der Waals surface area contributed by atoms with Crippen LogP contribution in [0.3, 0.4) is 0 Å². The minimum absolute atomic E-state index is 0.136. The molecule has 0 radical (unpaired) electrons. The van der Waals surface area contributed by atoms with Crippen LogP contribution in [-0.4, -0.2) is 27.8 Å². The van der Waals surface area contributed by atoms with Gasteiger partial charge in [0.25, 0.3) is 0 Å². The van der Waals surface area contributed by atoms with Gasteiger partial charge in [0.1, 0.15) is 0 Å². The van der Waals surface area contributed by atoms with E-state index in [-0.39, 0.29) is 20.9 Å². The quantitative estimate of drug-likeness (QED) is 0.549. The summed E-state index contributed by atoms with van der Waals surface area (Å²) in [5.41, 5.74) is 0. The van der Waals surface area contributed by atoms with Gasteiger partial charge in [0.2, 0.25) is 0 Å². The summed E-state index contributed by atoms with van der Waals surface area (Å²) in [6.07, 6.45) is 2.15. The standard InChI is InChI=1S/C6H12Cl2Te/c1-3-5(7)9-6(8)4-2/h5-6H,3-4H2,1-2H3. The van der Waals surface area contributed by atoms with Gasteiger partial charge in [-0.3, -0.25) is 0 Å². The zero-order chi connectivity index (χ0) is 7.28. The third-order valence-electron chi connectivity index (χ3n) is 0.937. The molecule has 0 spiro atoms. The molecule has 0 bridgehead atoms. The summed E-state index contributed by atoms with van der Waals surface area (Å²) in [6.45, 7) is 4.23. The topological polar surface area (TPSA) is 0 Å². The number of alkyl halides is 2. The van der Waals surface area contributed by atoms with Crippen LogP contribution in [0, 0.1) is 0 Å². The average Bonchev–Trinajstić information content (AvgIpc) is 1.87. The van der Waals surface area contributed by atoms with Crippen molar-refractivity contribution >= 4 is 44.1 Å². The molecule has 0 nitrogen and oxygen atoms in total. The number of hydrogen-bond donors (Lipinski definition) is 0. The molecule has 9 heavy (non-hydrogen) atoms. The van der Waals surface area contributed by atoms with Gasteiger partial charge in [-0.1, -0.05) is 0 Å². The van der Waals surface area contributed by atoms with E-state index in [0.717, 1.165) is 12.8 Å². The average molecular weight is 283 g/mol. The Hall–Kier alpha value is 1.37. The molecule has 0 fully saturated rings. The van der Waals surface area contributed by atoms with Gasteiger partial charge in [-0.2, -0.15) is 0 Å². The monoisotopic (exact) mass is 284 g/mol. The molecule has 0 aromatic rings. The van der Waals surface area contributed by atoms with Crippen molar-refractivity contribution in [1.29, 1.82) is 0 Å². The SMILES string of the molecule is CCC(Cl)[Te]C(Cl)CC. The Kier molecular flexibility index (Phi) is 7.03. The molecule has 0 saturated carbocycles. The summed E-state index contributed by atoms with van der Waals surface area (Å²) in [6, 6.07) is 0. The maximum atomic E-state index is 5.91. The van der Waals surface area contributed by atoms with Gasteiger partial charge in [-0.05, 0) is 0 Å². The van der Waals surface area contributed by atoms with Crippen LogP contribution in [0.1, 0.15) is 26.7 Å². The zero-order valence-electron chi connectivity index (χ0n) is 5.73. The van der Waals surface area contributed by atoms with Crippen LogP contribution in [0.5, 0.6) is 0 Å². The van der Waals surface area contributed by atoms with E-state index in [1.54, 1.807) is 0 Å². The number of hydrogen-bond acceptors (Lipinski definition) is 0. The van der Waals surface area contributed by atoms with Crippen LogP contribution in [0.25, 0.3) is 0 Å². The zero-order valence-corrected chi connectivity index (χ0v) is 9.58. The van der Waals surface area contributed by atoms with Gasteiger partial charge in [-0.15, -0.1) is 0 Å². The van der Waals surface area contributed by atoms with Crippen LogP contribution < -0.4 is 0 Å². The van der Waals surface area contributed by atoms with Crippen LogP contribution in [0.2, 0.25) is 0 Å². The third-order valence-corrected chi connectivity index (χ3v) is 6.52. The first-order valence-electron chi connectivity index (χ1n) is 3.14. The van der Waals surface area contributed by atoms with Crippen molar-refractivity contribution in [3.8, 4) is 0 Å². The van der Waals surface area contributed by atoms with E-state index < -0.39 is 0 Å². The normalized spacial score (nSPS) is 17.3. The fraction of sp³-hybridized carbons (Fsp3) is 1.00. The first-order chi connectivity index (χ1) is 4.20. The summed E-state index contributed by atoms with van der Waals surface area (Å²) in [4.78, 5) is 0. The van der Waals surface area contributed by atoms with E-state index >= 15 is 0 Å². The second-order valence-corrected chi connectivity index (χ2v) is 8.48. The van der Waals surface area contributed by atoms with Gasteiger partial charge in [0.15, 0.2) is 0 Å². The van der Waals surface area contributed by atoms with Crippen molar-refractivity contribution < 1.29 is 0 Å². The molecule has 0 heterocycles. The molecule has 0 N–H and O–H groups in total. The Morgan fingerprint density at radius 1 is 1.11 bits per heavy atom. The van der Waals surface area contributed by atoms with E-state index in [9.17, 15) is 0 Å². The molecule has 0 saturated heterocycles. The maximum absolute atomic E-state index is 5.91. The Balaban J connectivity index is 3.22. The fourth-order valence-electron chi connectivity index (χ4n) is 0.353. The summed E-state index contributed by atoms with van der Waals surface area (Å²) in [5, 5.41) is 0. The molecule has 0 aliphatic carbocycles. The third kappa shape index (κ3) is 5.80.